The maximum atomic E-state index is 13.5. The van der Waals surface area contributed by atoms with Crippen LogP contribution in [0, 0.1) is 0 Å². The zero-order valence-electron chi connectivity index (χ0n) is 19.5. The molecule has 1 aliphatic carbocycles. The molecule has 0 saturated heterocycles. The summed E-state index contributed by atoms with van der Waals surface area (Å²) in [7, 11) is 0. The number of hydrogen-bond donors (Lipinski definition) is 1. The molecule has 1 heterocycles. The topological polar surface area (TPSA) is 55.8 Å². The lowest BCUT2D eigenvalue weighted by Crippen LogP contribution is -2.22. The van der Waals surface area contributed by atoms with Crippen LogP contribution < -0.4 is 9.47 Å². The zero-order chi connectivity index (χ0) is 23.2. The standard InChI is InChI=1S/C29H30O4/c1-28(2,3)24-10-6-20(14-23(24)21-7-4-19(17-30)5-8-21)15-27(31)29(12-13-29)22-9-11-25-26(16-22)33-18-32-25/h4-11,14,16,30H,12-13,15,17-18H2,1-3H3. The zero-order valence-corrected chi connectivity index (χ0v) is 19.5. The minimum Gasteiger partial charge on any atom is -0.454 e. The first kappa shape index (κ1) is 21.7. The van der Waals surface area contributed by atoms with Crippen LogP contribution in [0.1, 0.15) is 55.9 Å². The predicted octanol–water partition coefficient (Wildman–Crippen LogP) is 5.72. The number of carbonyl (C=O) groups is 1. The molecule has 33 heavy (non-hydrogen) atoms. The average molecular weight is 443 g/mol. The molecule has 2 aliphatic rings. The van der Waals surface area contributed by atoms with Gasteiger partial charge in [-0.25, -0.2) is 0 Å². The second-order valence-electron chi connectivity index (χ2n) is 10.2. The normalized spacial score (nSPS) is 16.0. The monoisotopic (exact) mass is 442 g/mol. The molecule has 3 aromatic carbocycles. The van der Waals surface area contributed by atoms with E-state index < -0.39 is 5.41 Å². The minimum atomic E-state index is -0.410. The van der Waals surface area contributed by atoms with Gasteiger partial charge in [0.15, 0.2) is 11.5 Å². The third-order valence-corrected chi connectivity index (χ3v) is 6.91. The highest BCUT2D eigenvalue weighted by Gasteiger charge is 2.50. The predicted molar refractivity (Wildman–Crippen MR) is 129 cm³/mol. The van der Waals surface area contributed by atoms with Crippen LogP contribution in [0.3, 0.4) is 0 Å². The van der Waals surface area contributed by atoms with Gasteiger partial charge in [-0.3, -0.25) is 4.79 Å². The minimum absolute atomic E-state index is 0.0300. The molecule has 0 amide bonds. The Bertz CT molecular complexity index is 1200. The molecule has 3 aromatic rings. The number of Topliss-reactive ketones (excluding diaryl/α,β-unsaturated/α-hetero) is 1. The van der Waals surface area contributed by atoms with Gasteiger partial charge in [-0.2, -0.15) is 0 Å². The first-order chi connectivity index (χ1) is 15.8. The fourth-order valence-corrected chi connectivity index (χ4v) is 4.79. The molecule has 0 atom stereocenters. The summed E-state index contributed by atoms with van der Waals surface area (Å²) in [6.07, 6.45) is 2.16. The molecular weight excluding hydrogens is 412 g/mol. The second-order valence-corrected chi connectivity index (χ2v) is 10.2. The van der Waals surface area contributed by atoms with E-state index in [4.69, 9.17) is 9.47 Å². The van der Waals surface area contributed by atoms with Crippen LogP contribution >= 0.6 is 0 Å². The molecule has 0 bridgehead atoms. The van der Waals surface area contributed by atoms with Crippen molar-refractivity contribution >= 4 is 5.78 Å². The number of benzene rings is 3. The van der Waals surface area contributed by atoms with Crippen LogP contribution in [0.2, 0.25) is 0 Å². The van der Waals surface area contributed by atoms with Crippen molar-refractivity contribution in [3.8, 4) is 22.6 Å². The van der Waals surface area contributed by atoms with Crippen molar-refractivity contribution in [1.82, 2.24) is 0 Å². The Morgan fingerprint density at radius 2 is 1.61 bits per heavy atom. The van der Waals surface area contributed by atoms with Crippen LogP contribution in [-0.4, -0.2) is 17.7 Å². The largest absolute Gasteiger partial charge is 0.454 e. The van der Waals surface area contributed by atoms with Crippen molar-refractivity contribution in [3.63, 3.8) is 0 Å². The van der Waals surface area contributed by atoms with Crippen LogP contribution in [-0.2, 0) is 28.7 Å². The van der Waals surface area contributed by atoms with E-state index in [9.17, 15) is 9.90 Å². The van der Waals surface area contributed by atoms with Gasteiger partial charge in [0.05, 0.1) is 12.0 Å². The lowest BCUT2D eigenvalue weighted by atomic mass is 9.80. The fraction of sp³-hybridized carbons (Fsp3) is 0.345. The van der Waals surface area contributed by atoms with Gasteiger partial charge in [0.25, 0.3) is 0 Å². The van der Waals surface area contributed by atoms with Crippen LogP contribution in [0.15, 0.2) is 60.7 Å². The van der Waals surface area contributed by atoms with Crippen LogP contribution in [0.4, 0.5) is 0 Å². The quantitative estimate of drug-likeness (QED) is 0.531. The number of ketones is 1. The highest BCUT2D eigenvalue weighted by Crippen LogP contribution is 2.51. The average Bonchev–Trinajstić information content (AvgIpc) is 3.49. The van der Waals surface area contributed by atoms with E-state index in [2.05, 4.69) is 51.1 Å². The molecule has 0 aromatic heterocycles. The fourth-order valence-electron chi connectivity index (χ4n) is 4.79. The van der Waals surface area contributed by atoms with E-state index in [1.165, 1.54) is 5.56 Å². The van der Waals surface area contributed by atoms with E-state index in [1.54, 1.807) is 0 Å². The molecule has 1 fully saturated rings. The molecule has 4 heteroatoms. The molecule has 170 valence electrons. The molecular formula is C29H30O4. The molecule has 0 unspecified atom stereocenters. The number of carbonyl (C=O) groups excluding carboxylic acids is 1. The number of aliphatic hydroxyl groups is 1. The number of hydrogen-bond acceptors (Lipinski definition) is 4. The number of rotatable bonds is 6. The Kier molecular flexibility index (Phi) is 5.29. The van der Waals surface area contributed by atoms with Gasteiger partial charge in [0, 0.05) is 6.42 Å². The Hall–Kier alpha value is -3.11. The third-order valence-electron chi connectivity index (χ3n) is 6.91. The van der Waals surface area contributed by atoms with E-state index in [1.807, 2.05) is 30.3 Å². The second kappa shape index (κ2) is 8.03. The van der Waals surface area contributed by atoms with Crippen molar-refractivity contribution in [1.29, 1.82) is 0 Å². The molecule has 4 nitrogen and oxygen atoms in total. The number of fused-ring (bicyclic) bond motifs is 1. The summed E-state index contributed by atoms with van der Waals surface area (Å²) < 4.78 is 11.0. The van der Waals surface area contributed by atoms with Gasteiger partial charge in [-0.1, -0.05) is 69.3 Å². The first-order valence-electron chi connectivity index (χ1n) is 11.6. The maximum Gasteiger partial charge on any atom is 0.231 e. The SMILES string of the molecule is CC(C)(C)c1ccc(CC(=O)C2(c3ccc4c(c3)OCO4)CC2)cc1-c1ccc(CO)cc1. The van der Waals surface area contributed by atoms with Crippen molar-refractivity contribution in [2.75, 3.05) is 6.79 Å². The summed E-state index contributed by atoms with van der Waals surface area (Å²) in [4.78, 5) is 13.5. The third kappa shape index (κ3) is 4.04. The van der Waals surface area contributed by atoms with E-state index in [0.717, 1.165) is 52.2 Å². The molecule has 1 saturated carbocycles. The smallest absolute Gasteiger partial charge is 0.231 e. The summed E-state index contributed by atoms with van der Waals surface area (Å²) in [5.41, 5.74) is 6.00. The highest BCUT2D eigenvalue weighted by molar-refractivity contribution is 5.95. The maximum absolute atomic E-state index is 13.5. The van der Waals surface area contributed by atoms with E-state index in [-0.39, 0.29) is 24.6 Å². The Morgan fingerprint density at radius 1 is 0.909 bits per heavy atom. The summed E-state index contributed by atoms with van der Waals surface area (Å²) in [6, 6.07) is 20.3. The molecule has 0 spiro atoms. The van der Waals surface area contributed by atoms with Gasteiger partial charge in [0.2, 0.25) is 6.79 Å². The summed E-state index contributed by atoms with van der Waals surface area (Å²) in [6.45, 7) is 6.89. The van der Waals surface area contributed by atoms with Crippen LogP contribution in [0.5, 0.6) is 11.5 Å². The van der Waals surface area contributed by atoms with Crippen molar-refractivity contribution < 1.29 is 19.4 Å². The van der Waals surface area contributed by atoms with E-state index >= 15 is 0 Å². The molecule has 5 rings (SSSR count). The van der Waals surface area contributed by atoms with Gasteiger partial charge in [-0.05, 0) is 63.8 Å². The molecule has 0 radical (unpaired) electrons. The van der Waals surface area contributed by atoms with E-state index in [0.29, 0.717) is 6.42 Å². The highest BCUT2D eigenvalue weighted by atomic mass is 16.7. The summed E-state index contributed by atoms with van der Waals surface area (Å²) in [5.74, 6) is 1.73. The van der Waals surface area contributed by atoms with Crippen LogP contribution in [0.25, 0.3) is 11.1 Å². The van der Waals surface area contributed by atoms with Crippen molar-refractivity contribution in [3.05, 3.63) is 82.9 Å². The Morgan fingerprint density at radius 3 is 2.27 bits per heavy atom. The first-order valence-corrected chi connectivity index (χ1v) is 11.6. The summed E-state index contributed by atoms with van der Waals surface area (Å²) in [5, 5.41) is 9.40. The molecule has 1 N–H and O–H groups in total. The Balaban J connectivity index is 1.45. The summed E-state index contributed by atoms with van der Waals surface area (Å²) >= 11 is 0. The van der Waals surface area contributed by atoms with Gasteiger partial charge in [-0.15, -0.1) is 0 Å². The lowest BCUT2D eigenvalue weighted by molar-refractivity contribution is -0.120. The Labute approximate surface area is 195 Å². The van der Waals surface area contributed by atoms with Gasteiger partial charge >= 0.3 is 0 Å². The molecule has 1 aliphatic heterocycles. The van der Waals surface area contributed by atoms with Crippen molar-refractivity contribution in [2.24, 2.45) is 0 Å². The number of ether oxygens (including phenoxy) is 2. The van der Waals surface area contributed by atoms with Crippen molar-refractivity contribution in [2.45, 2.75) is 57.5 Å². The van der Waals surface area contributed by atoms with Gasteiger partial charge in [0.1, 0.15) is 5.78 Å². The lowest BCUT2D eigenvalue weighted by Gasteiger charge is -2.24. The van der Waals surface area contributed by atoms with Gasteiger partial charge < -0.3 is 14.6 Å². The number of aliphatic hydroxyl groups excluding tert-OH is 1.